The van der Waals surface area contributed by atoms with Gasteiger partial charge in [0.05, 0.1) is 0 Å². The zero-order valence-corrected chi connectivity index (χ0v) is 27.5. The molecule has 0 N–H and O–H groups in total. The fourth-order valence-electron chi connectivity index (χ4n) is 6.91. The number of nitrogens with zero attached hydrogens (tertiary/aromatic N) is 1. The van der Waals surface area contributed by atoms with E-state index in [2.05, 4.69) is 117 Å². The molecule has 1 aliphatic heterocycles. The van der Waals surface area contributed by atoms with Crippen LogP contribution in [0.2, 0.25) is 13.3 Å². The van der Waals surface area contributed by atoms with E-state index < -0.39 is 23.9 Å². The van der Waals surface area contributed by atoms with Crippen molar-refractivity contribution in [3.8, 4) is 0 Å². The molecular formula is C35H49NO2Sn. The van der Waals surface area contributed by atoms with Crippen molar-refractivity contribution < 1.29 is 9.47 Å². The molecule has 0 spiro atoms. The summed E-state index contributed by atoms with van der Waals surface area (Å²) in [5.74, 6) is 0. The summed E-state index contributed by atoms with van der Waals surface area (Å²) < 4.78 is 17.1. The Bertz CT molecular complexity index is 973. The SMILES string of the molecule is CCC[CH2][Sn]([CH2]CCC)([CH2]CCC)[C@H]1[C@@H](OCOC)N1C(c1ccccc1)(c1ccccc1)c1ccccc1. The molecule has 1 fully saturated rings. The molecule has 0 radical (unpaired) electrons. The topological polar surface area (TPSA) is 21.5 Å². The number of methoxy groups -OCH3 is 1. The van der Waals surface area contributed by atoms with Gasteiger partial charge in [-0.2, -0.15) is 0 Å². The average Bonchev–Trinajstić information content (AvgIpc) is 3.73. The number of hydrogen-bond donors (Lipinski definition) is 0. The number of benzene rings is 3. The summed E-state index contributed by atoms with van der Waals surface area (Å²) >= 11 is -2.77. The normalized spacial score (nSPS) is 19.2. The molecule has 210 valence electrons. The van der Waals surface area contributed by atoms with E-state index in [1.54, 1.807) is 7.11 Å². The zero-order valence-electron chi connectivity index (χ0n) is 24.6. The third-order valence-electron chi connectivity index (χ3n) is 8.78. The zero-order chi connectivity index (χ0) is 27.6. The van der Waals surface area contributed by atoms with E-state index in [9.17, 15) is 0 Å². The van der Waals surface area contributed by atoms with Gasteiger partial charge in [-0.05, 0) is 0 Å². The fraction of sp³-hybridized carbons (Fsp3) is 0.486. The van der Waals surface area contributed by atoms with Crippen LogP contribution in [0.4, 0.5) is 0 Å². The molecule has 3 aromatic rings. The van der Waals surface area contributed by atoms with Gasteiger partial charge >= 0.3 is 243 Å². The van der Waals surface area contributed by atoms with Crippen LogP contribution in [0.3, 0.4) is 0 Å². The van der Waals surface area contributed by atoms with Crippen molar-refractivity contribution in [2.45, 2.75) is 88.4 Å². The quantitative estimate of drug-likeness (QED) is 0.0641. The predicted molar refractivity (Wildman–Crippen MR) is 166 cm³/mol. The molecule has 4 heteroatoms. The fourth-order valence-corrected chi connectivity index (χ4v) is 25.5. The summed E-state index contributed by atoms with van der Waals surface area (Å²) in [7, 11) is 1.75. The first-order chi connectivity index (χ1) is 19.2. The second-order valence-corrected chi connectivity index (χ2v) is 25.0. The van der Waals surface area contributed by atoms with Gasteiger partial charge in [0.25, 0.3) is 0 Å². The first-order valence-electron chi connectivity index (χ1n) is 15.2. The minimum absolute atomic E-state index is 0.0759. The molecular weight excluding hydrogens is 585 g/mol. The van der Waals surface area contributed by atoms with E-state index >= 15 is 0 Å². The number of unbranched alkanes of at least 4 members (excludes halogenated alkanes) is 3. The maximum absolute atomic E-state index is 6.70. The van der Waals surface area contributed by atoms with Crippen LogP contribution in [0, 0.1) is 0 Å². The number of hydrogen-bond acceptors (Lipinski definition) is 3. The maximum atomic E-state index is 6.70. The Labute approximate surface area is 241 Å². The molecule has 3 nitrogen and oxygen atoms in total. The predicted octanol–water partition coefficient (Wildman–Crippen LogP) is 9.00. The first-order valence-corrected chi connectivity index (χ1v) is 22.9. The molecule has 1 heterocycles. The van der Waals surface area contributed by atoms with Crippen LogP contribution in [-0.2, 0) is 15.0 Å². The van der Waals surface area contributed by atoms with Crippen molar-refractivity contribution in [3.63, 3.8) is 0 Å². The molecule has 3 atom stereocenters. The standard InChI is InChI=1S/C23H22NO2.3C4H9.Sn/c1-25-18-26-22-17-24(22)23(19-11-5-2-6-12-19,20-13-7-3-8-14-20)21-15-9-4-10-16-21;3*1-3-4-2;/h2-17,22H,18H2,1H3;3*1,3-4H2,2H3;/t22-,24?;;;;/m1..../s1. The van der Waals surface area contributed by atoms with Gasteiger partial charge in [-0.15, -0.1) is 0 Å². The van der Waals surface area contributed by atoms with Crippen LogP contribution < -0.4 is 0 Å². The van der Waals surface area contributed by atoms with Crippen LogP contribution >= 0.6 is 0 Å². The van der Waals surface area contributed by atoms with Gasteiger partial charge in [0.15, 0.2) is 0 Å². The van der Waals surface area contributed by atoms with Crippen LogP contribution in [0.15, 0.2) is 91.0 Å². The van der Waals surface area contributed by atoms with Crippen LogP contribution in [0.1, 0.15) is 76.0 Å². The molecule has 0 aromatic heterocycles. The molecule has 0 aliphatic carbocycles. The molecule has 39 heavy (non-hydrogen) atoms. The molecule has 0 saturated carbocycles. The molecule has 4 rings (SSSR count). The van der Waals surface area contributed by atoms with Crippen LogP contribution in [0.25, 0.3) is 0 Å². The summed E-state index contributed by atoms with van der Waals surface area (Å²) in [6, 6.07) is 33.5. The number of rotatable bonds is 17. The van der Waals surface area contributed by atoms with E-state index in [4.69, 9.17) is 9.47 Å². The van der Waals surface area contributed by atoms with Crippen molar-refractivity contribution >= 4 is 18.4 Å². The van der Waals surface area contributed by atoms with Crippen molar-refractivity contribution in [3.05, 3.63) is 108 Å². The van der Waals surface area contributed by atoms with Gasteiger partial charge < -0.3 is 0 Å². The Kier molecular flexibility index (Phi) is 11.5. The summed E-state index contributed by atoms with van der Waals surface area (Å²) in [6.45, 7) is 7.43. The summed E-state index contributed by atoms with van der Waals surface area (Å²) in [5.41, 5.74) is 3.53. The van der Waals surface area contributed by atoms with Gasteiger partial charge in [-0.3, -0.25) is 0 Å². The monoisotopic (exact) mass is 635 g/mol. The second-order valence-electron chi connectivity index (χ2n) is 11.3. The van der Waals surface area contributed by atoms with Gasteiger partial charge in [0.1, 0.15) is 0 Å². The minimum atomic E-state index is -2.77. The molecule has 3 aromatic carbocycles. The Morgan fingerprint density at radius 2 is 1.03 bits per heavy atom. The Morgan fingerprint density at radius 1 is 0.641 bits per heavy atom. The van der Waals surface area contributed by atoms with Crippen molar-refractivity contribution in [1.82, 2.24) is 4.90 Å². The van der Waals surface area contributed by atoms with E-state index in [1.165, 1.54) is 68.5 Å². The second kappa shape index (κ2) is 14.8. The van der Waals surface area contributed by atoms with Crippen molar-refractivity contribution in [2.75, 3.05) is 13.9 Å². The summed E-state index contributed by atoms with van der Waals surface area (Å²) in [4.78, 5) is 2.81. The Morgan fingerprint density at radius 3 is 1.36 bits per heavy atom. The average molecular weight is 634 g/mol. The molecule has 0 amide bonds. The van der Waals surface area contributed by atoms with Gasteiger partial charge in [-0.1, -0.05) is 0 Å². The van der Waals surface area contributed by atoms with E-state index in [-0.39, 0.29) is 6.23 Å². The van der Waals surface area contributed by atoms with Gasteiger partial charge in [0.2, 0.25) is 0 Å². The summed E-state index contributed by atoms with van der Waals surface area (Å²) in [5, 5.41) is 0. The summed E-state index contributed by atoms with van der Waals surface area (Å²) in [6.07, 6.45) is 7.93. The molecule has 1 saturated heterocycles. The Balaban J connectivity index is 1.97. The number of ether oxygens (including phenoxy) is 2. The molecule has 0 bridgehead atoms. The first kappa shape index (κ1) is 30.3. The van der Waals surface area contributed by atoms with Gasteiger partial charge in [0, 0.05) is 0 Å². The van der Waals surface area contributed by atoms with E-state index in [0.29, 0.717) is 10.9 Å². The Hall–Kier alpha value is -1.66. The van der Waals surface area contributed by atoms with E-state index in [1.807, 2.05) is 0 Å². The third-order valence-corrected chi connectivity index (χ3v) is 25.5. The molecule has 1 aliphatic rings. The van der Waals surface area contributed by atoms with Crippen LogP contribution in [-0.4, -0.2) is 47.5 Å². The van der Waals surface area contributed by atoms with Crippen molar-refractivity contribution in [1.29, 1.82) is 0 Å². The van der Waals surface area contributed by atoms with E-state index in [0.717, 1.165) is 0 Å². The van der Waals surface area contributed by atoms with Crippen LogP contribution in [0.5, 0.6) is 0 Å². The van der Waals surface area contributed by atoms with Crippen molar-refractivity contribution in [2.24, 2.45) is 0 Å². The van der Waals surface area contributed by atoms with Gasteiger partial charge in [-0.25, -0.2) is 0 Å². The molecule has 1 unspecified atom stereocenters. The third kappa shape index (κ3) is 6.48.